The first-order chi connectivity index (χ1) is 12.7. The minimum atomic E-state index is -4.56. The summed E-state index contributed by atoms with van der Waals surface area (Å²) in [4.78, 5) is 7.96. The summed E-state index contributed by atoms with van der Waals surface area (Å²) >= 11 is 13.1. The Labute approximate surface area is 168 Å². The van der Waals surface area contributed by atoms with Crippen LogP contribution in [0.25, 0.3) is 11.3 Å². The zero-order valence-electron chi connectivity index (χ0n) is 14.0. The zero-order chi connectivity index (χ0) is 19.6. The van der Waals surface area contributed by atoms with Gasteiger partial charge in [-0.1, -0.05) is 70.9 Å². The third-order valence-corrected chi connectivity index (χ3v) is 5.20. The molecule has 0 aliphatic heterocycles. The van der Waals surface area contributed by atoms with Crippen molar-refractivity contribution in [1.29, 1.82) is 0 Å². The first-order valence-electron chi connectivity index (χ1n) is 7.82. The van der Waals surface area contributed by atoms with E-state index in [0.29, 0.717) is 21.4 Å². The molecule has 0 atom stereocenters. The van der Waals surface area contributed by atoms with Gasteiger partial charge in [0.25, 0.3) is 0 Å². The van der Waals surface area contributed by atoms with Gasteiger partial charge in [-0.25, -0.2) is 9.97 Å². The maximum Gasteiger partial charge on any atom is 0.433 e. The molecule has 0 N–H and O–H groups in total. The lowest BCUT2D eigenvalue weighted by atomic mass is 10.1. The Balaban J connectivity index is 1.94. The Morgan fingerprint density at radius 1 is 0.963 bits per heavy atom. The van der Waals surface area contributed by atoms with E-state index < -0.39 is 11.9 Å². The number of hydrogen-bond donors (Lipinski definition) is 0. The second kappa shape index (κ2) is 8.09. The Kier molecular flexibility index (Phi) is 5.99. The Morgan fingerprint density at radius 2 is 1.67 bits per heavy atom. The number of benzene rings is 2. The molecular weight excluding hydrogens is 416 g/mol. The molecule has 27 heavy (non-hydrogen) atoms. The highest BCUT2D eigenvalue weighted by Gasteiger charge is 2.33. The fourth-order valence-electron chi connectivity index (χ4n) is 2.29. The van der Waals surface area contributed by atoms with Crippen LogP contribution >= 0.6 is 35.0 Å². The molecule has 0 spiro atoms. The lowest BCUT2D eigenvalue weighted by Gasteiger charge is -2.11. The lowest BCUT2D eigenvalue weighted by molar-refractivity contribution is -0.141. The molecule has 0 aliphatic rings. The molecule has 2 nitrogen and oxygen atoms in total. The van der Waals surface area contributed by atoms with Crippen molar-refractivity contribution in [3.05, 3.63) is 75.4 Å². The van der Waals surface area contributed by atoms with Crippen molar-refractivity contribution < 1.29 is 13.2 Å². The number of alkyl halides is 3. The van der Waals surface area contributed by atoms with Crippen LogP contribution in [0.5, 0.6) is 0 Å². The number of halogens is 5. The van der Waals surface area contributed by atoms with E-state index in [0.717, 1.165) is 29.0 Å². The maximum absolute atomic E-state index is 13.3. The Morgan fingerprint density at radius 3 is 2.30 bits per heavy atom. The highest BCUT2D eigenvalue weighted by Crippen LogP contribution is 2.33. The Hall–Kier alpha value is -1.76. The van der Waals surface area contributed by atoms with Crippen LogP contribution in [0.2, 0.25) is 10.0 Å². The predicted octanol–water partition coefficient (Wildman–Crippen LogP) is 7.07. The van der Waals surface area contributed by atoms with Crippen LogP contribution < -0.4 is 0 Å². The van der Waals surface area contributed by atoms with Gasteiger partial charge >= 0.3 is 6.18 Å². The van der Waals surface area contributed by atoms with Crippen LogP contribution in [0.1, 0.15) is 16.8 Å². The molecule has 1 aromatic heterocycles. The van der Waals surface area contributed by atoms with Gasteiger partial charge in [-0.3, -0.25) is 0 Å². The van der Waals surface area contributed by atoms with Crippen LogP contribution in [-0.4, -0.2) is 9.97 Å². The van der Waals surface area contributed by atoms with Crippen LogP contribution in [0.3, 0.4) is 0 Å². The summed E-state index contributed by atoms with van der Waals surface area (Å²) in [7, 11) is 0. The van der Waals surface area contributed by atoms with Gasteiger partial charge in [-0.15, -0.1) is 0 Å². The van der Waals surface area contributed by atoms with Crippen LogP contribution in [0.4, 0.5) is 13.2 Å². The summed E-state index contributed by atoms with van der Waals surface area (Å²) in [5.41, 5.74) is 1.60. The van der Waals surface area contributed by atoms with E-state index >= 15 is 0 Å². The molecule has 0 fully saturated rings. The summed E-state index contributed by atoms with van der Waals surface area (Å²) in [5.74, 6) is 0.324. The number of hydrogen-bond acceptors (Lipinski definition) is 3. The average molecular weight is 429 g/mol. The predicted molar refractivity (Wildman–Crippen MR) is 103 cm³/mol. The largest absolute Gasteiger partial charge is 0.433 e. The van der Waals surface area contributed by atoms with Gasteiger partial charge < -0.3 is 0 Å². The Bertz CT molecular complexity index is 960. The standard InChI is InChI=1S/C19H13Cl2F3N2S/c1-11-2-4-12(5-3-11)16-9-17(19(22,23)24)26-18(25-16)27-10-13-6-7-14(20)8-15(13)21/h2-9H,10H2,1H3. The summed E-state index contributed by atoms with van der Waals surface area (Å²) < 4.78 is 39.8. The van der Waals surface area contributed by atoms with Gasteiger partial charge in [0, 0.05) is 21.4 Å². The number of thioether (sulfide) groups is 1. The molecule has 0 aliphatic carbocycles. The van der Waals surface area contributed by atoms with E-state index in [2.05, 4.69) is 9.97 Å². The van der Waals surface area contributed by atoms with Gasteiger partial charge in [0.15, 0.2) is 5.16 Å². The topological polar surface area (TPSA) is 25.8 Å². The van der Waals surface area contributed by atoms with Crippen molar-refractivity contribution in [3.63, 3.8) is 0 Å². The van der Waals surface area contributed by atoms with Crippen molar-refractivity contribution in [3.8, 4) is 11.3 Å². The summed E-state index contributed by atoms with van der Waals surface area (Å²) in [5, 5.41) is 0.970. The average Bonchev–Trinajstić information content (AvgIpc) is 2.60. The highest BCUT2D eigenvalue weighted by atomic mass is 35.5. The number of rotatable bonds is 4. The number of nitrogens with zero attached hydrogens (tertiary/aromatic N) is 2. The molecule has 3 aromatic rings. The minimum absolute atomic E-state index is 0.0337. The van der Waals surface area contributed by atoms with Crippen LogP contribution in [-0.2, 0) is 11.9 Å². The van der Waals surface area contributed by atoms with E-state index in [9.17, 15) is 13.2 Å². The fraction of sp³-hybridized carbons (Fsp3) is 0.158. The van der Waals surface area contributed by atoms with Crippen molar-refractivity contribution in [1.82, 2.24) is 9.97 Å². The smallest absolute Gasteiger partial charge is 0.222 e. The summed E-state index contributed by atoms with van der Waals surface area (Å²) in [6, 6.07) is 13.1. The quantitative estimate of drug-likeness (QED) is 0.328. The monoisotopic (exact) mass is 428 g/mol. The van der Waals surface area contributed by atoms with E-state index in [-0.39, 0.29) is 10.9 Å². The van der Waals surface area contributed by atoms with E-state index in [4.69, 9.17) is 23.2 Å². The van der Waals surface area contributed by atoms with Crippen molar-refractivity contribution in [2.45, 2.75) is 24.0 Å². The van der Waals surface area contributed by atoms with Gasteiger partial charge in [-0.2, -0.15) is 13.2 Å². The van der Waals surface area contributed by atoms with E-state index in [1.807, 2.05) is 19.1 Å². The molecule has 0 amide bonds. The molecule has 2 aromatic carbocycles. The van der Waals surface area contributed by atoms with E-state index in [1.165, 1.54) is 0 Å². The summed E-state index contributed by atoms with van der Waals surface area (Å²) in [6.45, 7) is 1.90. The molecule has 0 radical (unpaired) electrons. The first kappa shape index (κ1) is 20.0. The number of aryl methyl sites for hydroxylation is 1. The molecule has 0 saturated carbocycles. The lowest BCUT2D eigenvalue weighted by Crippen LogP contribution is -2.10. The van der Waals surface area contributed by atoms with Crippen LogP contribution in [0, 0.1) is 6.92 Å². The second-order valence-corrected chi connectivity index (χ2v) is 7.60. The van der Waals surface area contributed by atoms with E-state index in [1.54, 1.807) is 30.3 Å². The molecule has 1 heterocycles. The highest BCUT2D eigenvalue weighted by molar-refractivity contribution is 7.98. The zero-order valence-corrected chi connectivity index (χ0v) is 16.3. The second-order valence-electron chi connectivity index (χ2n) is 5.81. The van der Waals surface area contributed by atoms with Crippen molar-refractivity contribution in [2.75, 3.05) is 0 Å². The molecule has 140 valence electrons. The molecule has 0 saturated heterocycles. The molecule has 3 rings (SSSR count). The molecular formula is C19H13Cl2F3N2S. The maximum atomic E-state index is 13.3. The fourth-order valence-corrected chi connectivity index (χ4v) is 3.70. The third kappa shape index (κ3) is 5.15. The minimum Gasteiger partial charge on any atom is -0.222 e. The third-order valence-electron chi connectivity index (χ3n) is 3.72. The SMILES string of the molecule is Cc1ccc(-c2cc(C(F)(F)F)nc(SCc3ccc(Cl)cc3Cl)n2)cc1. The normalized spacial score (nSPS) is 11.6. The number of aromatic nitrogens is 2. The summed E-state index contributed by atoms with van der Waals surface area (Å²) in [6.07, 6.45) is -4.56. The van der Waals surface area contributed by atoms with Gasteiger partial charge in [-0.05, 0) is 30.7 Å². The molecule has 0 bridgehead atoms. The van der Waals surface area contributed by atoms with Crippen molar-refractivity contribution >= 4 is 35.0 Å². The van der Waals surface area contributed by atoms with Crippen molar-refractivity contribution in [2.24, 2.45) is 0 Å². The van der Waals surface area contributed by atoms with Gasteiger partial charge in [0.2, 0.25) is 0 Å². The van der Waals surface area contributed by atoms with Gasteiger partial charge in [0.05, 0.1) is 5.69 Å². The van der Waals surface area contributed by atoms with Gasteiger partial charge in [0.1, 0.15) is 5.69 Å². The molecule has 8 heteroatoms. The molecule has 0 unspecified atom stereocenters. The van der Waals surface area contributed by atoms with Crippen LogP contribution in [0.15, 0.2) is 53.7 Å². The first-order valence-corrected chi connectivity index (χ1v) is 9.56.